The molecular weight excluding hydrogens is 268 g/mol. The number of halogens is 1. The first-order chi connectivity index (χ1) is 8.83. The van der Waals surface area contributed by atoms with Gasteiger partial charge in [-0.1, -0.05) is 11.6 Å². The summed E-state index contributed by atoms with van der Waals surface area (Å²) in [6, 6.07) is 1.63. The number of amides is 1. The summed E-state index contributed by atoms with van der Waals surface area (Å²) < 4.78 is 0. The van der Waals surface area contributed by atoms with E-state index in [0.29, 0.717) is 23.6 Å². The van der Waals surface area contributed by atoms with Crippen molar-refractivity contribution in [2.45, 2.75) is 20.3 Å². The van der Waals surface area contributed by atoms with Gasteiger partial charge in [-0.15, -0.1) is 0 Å². The Labute approximate surface area is 116 Å². The first kappa shape index (κ1) is 13.8. The van der Waals surface area contributed by atoms with Crippen molar-refractivity contribution < 1.29 is 14.7 Å². The van der Waals surface area contributed by atoms with Crippen molar-refractivity contribution in [3.8, 4) is 0 Å². The smallest absolute Gasteiger partial charge is 0.311 e. The summed E-state index contributed by atoms with van der Waals surface area (Å²) in [5.74, 6) is -1.14. The first-order valence-corrected chi connectivity index (χ1v) is 6.36. The van der Waals surface area contributed by atoms with E-state index >= 15 is 0 Å². The summed E-state index contributed by atoms with van der Waals surface area (Å²) in [7, 11) is 0. The van der Waals surface area contributed by atoms with E-state index in [4.69, 9.17) is 16.7 Å². The van der Waals surface area contributed by atoms with E-state index in [1.165, 1.54) is 11.1 Å². The van der Waals surface area contributed by atoms with Crippen LogP contribution in [-0.4, -0.2) is 40.0 Å². The highest BCUT2D eigenvalue weighted by molar-refractivity contribution is 6.33. The van der Waals surface area contributed by atoms with Crippen LogP contribution in [-0.2, 0) is 4.79 Å². The molecule has 6 heteroatoms. The lowest BCUT2D eigenvalue weighted by molar-refractivity contribution is -0.147. The SMILES string of the molecule is Cc1cc(Cl)c(C(=O)N2CCC(C)(C(=O)O)C2)cn1. The monoisotopic (exact) mass is 282 g/mol. The third-order valence-electron chi connectivity index (χ3n) is 3.50. The fraction of sp³-hybridized carbons (Fsp3) is 0.462. The van der Waals surface area contributed by atoms with Gasteiger partial charge in [-0.05, 0) is 26.3 Å². The van der Waals surface area contributed by atoms with Gasteiger partial charge < -0.3 is 10.0 Å². The number of carboxylic acid groups (broad SMARTS) is 1. The second-order valence-corrected chi connectivity index (χ2v) is 5.56. The molecule has 2 rings (SSSR count). The third kappa shape index (κ3) is 2.56. The van der Waals surface area contributed by atoms with Gasteiger partial charge in [-0.3, -0.25) is 14.6 Å². The second kappa shape index (κ2) is 4.81. The molecular formula is C13H15ClN2O3. The molecule has 1 unspecified atom stereocenters. The van der Waals surface area contributed by atoms with Gasteiger partial charge in [-0.2, -0.15) is 0 Å². The molecule has 0 aliphatic carbocycles. The lowest BCUT2D eigenvalue weighted by Gasteiger charge is -2.20. The maximum absolute atomic E-state index is 12.3. The molecule has 0 spiro atoms. The minimum atomic E-state index is -0.879. The molecule has 1 atom stereocenters. The van der Waals surface area contributed by atoms with Crippen molar-refractivity contribution >= 4 is 23.5 Å². The van der Waals surface area contributed by atoms with Gasteiger partial charge in [0, 0.05) is 25.0 Å². The molecule has 0 aromatic carbocycles. The number of hydrogen-bond donors (Lipinski definition) is 1. The Morgan fingerprint density at radius 2 is 2.21 bits per heavy atom. The van der Waals surface area contributed by atoms with Crippen LogP contribution < -0.4 is 0 Å². The summed E-state index contributed by atoms with van der Waals surface area (Å²) in [5, 5.41) is 9.51. The molecule has 1 saturated heterocycles. The number of rotatable bonds is 2. The van der Waals surface area contributed by atoms with Crippen LogP contribution in [0.2, 0.25) is 5.02 Å². The molecule has 102 valence electrons. The molecule has 1 aromatic heterocycles. The van der Waals surface area contributed by atoms with Gasteiger partial charge in [0.15, 0.2) is 0 Å². The number of likely N-dealkylation sites (tertiary alicyclic amines) is 1. The zero-order valence-corrected chi connectivity index (χ0v) is 11.6. The van der Waals surface area contributed by atoms with Crippen LogP contribution in [0.5, 0.6) is 0 Å². The number of carbonyl (C=O) groups excluding carboxylic acids is 1. The lowest BCUT2D eigenvalue weighted by Crippen LogP contribution is -2.35. The molecule has 1 fully saturated rings. The van der Waals surface area contributed by atoms with Gasteiger partial charge in [-0.25, -0.2) is 0 Å². The van der Waals surface area contributed by atoms with Crippen molar-refractivity contribution in [3.05, 3.63) is 28.5 Å². The quantitative estimate of drug-likeness (QED) is 0.900. The van der Waals surface area contributed by atoms with Crippen molar-refractivity contribution in [2.24, 2.45) is 5.41 Å². The van der Waals surface area contributed by atoms with Crippen LogP contribution in [0.1, 0.15) is 29.4 Å². The third-order valence-corrected chi connectivity index (χ3v) is 3.81. The zero-order chi connectivity index (χ0) is 14.2. The number of pyridine rings is 1. The molecule has 19 heavy (non-hydrogen) atoms. The topological polar surface area (TPSA) is 70.5 Å². The van der Waals surface area contributed by atoms with E-state index in [-0.39, 0.29) is 12.5 Å². The average Bonchev–Trinajstić information content (AvgIpc) is 2.73. The van der Waals surface area contributed by atoms with Crippen molar-refractivity contribution in [2.75, 3.05) is 13.1 Å². The van der Waals surface area contributed by atoms with Crippen LogP contribution in [0.4, 0.5) is 0 Å². The molecule has 0 radical (unpaired) electrons. The van der Waals surface area contributed by atoms with Gasteiger partial charge >= 0.3 is 5.97 Å². The second-order valence-electron chi connectivity index (χ2n) is 5.15. The molecule has 1 aliphatic rings. The highest BCUT2D eigenvalue weighted by atomic mass is 35.5. The molecule has 1 N–H and O–H groups in total. The summed E-state index contributed by atoms with van der Waals surface area (Å²) in [6.45, 7) is 4.06. The number of nitrogens with zero attached hydrogens (tertiary/aromatic N) is 2. The maximum Gasteiger partial charge on any atom is 0.311 e. The minimum Gasteiger partial charge on any atom is -0.481 e. The number of aliphatic carboxylic acids is 1. The average molecular weight is 283 g/mol. The van der Waals surface area contributed by atoms with E-state index in [1.54, 1.807) is 19.9 Å². The summed E-state index contributed by atoms with van der Waals surface area (Å²) >= 11 is 6.03. The molecule has 1 aromatic rings. The minimum absolute atomic E-state index is 0.200. The van der Waals surface area contributed by atoms with Crippen molar-refractivity contribution in [1.82, 2.24) is 9.88 Å². The number of aryl methyl sites for hydroxylation is 1. The number of carbonyl (C=O) groups is 2. The largest absolute Gasteiger partial charge is 0.481 e. The van der Waals surface area contributed by atoms with Gasteiger partial charge in [0.25, 0.3) is 5.91 Å². The Bertz CT molecular complexity index is 547. The zero-order valence-electron chi connectivity index (χ0n) is 10.8. The van der Waals surface area contributed by atoms with Crippen LogP contribution in [0.25, 0.3) is 0 Å². The highest BCUT2D eigenvalue weighted by Crippen LogP contribution is 2.31. The maximum atomic E-state index is 12.3. The molecule has 5 nitrogen and oxygen atoms in total. The summed E-state index contributed by atoms with van der Waals surface area (Å²) in [6.07, 6.45) is 1.89. The number of hydrogen-bond acceptors (Lipinski definition) is 3. The number of aromatic nitrogens is 1. The van der Waals surface area contributed by atoms with E-state index in [1.807, 2.05) is 0 Å². The van der Waals surface area contributed by atoms with E-state index < -0.39 is 11.4 Å². The van der Waals surface area contributed by atoms with Crippen LogP contribution in [0, 0.1) is 12.3 Å². The summed E-state index contributed by atoms with van der Waals surface area (Å²) in [5.41, 5.74) is 0.181. The molecule has 0 bridgehead atoms. The van der Waals surface area contributed by atoms with Gasteiger partial charge in [0.2, 0.25) is 0 Å². The fourth-order valence-corrected chi connectivity index (χ4v) is 2.45. The van der Waals surface area contributed by atoms with Crippen LogP contribution >= 0.6 is 11.6 Å². The lowest BCUT2D eigenvalue weighted by atomic mass is 9.90. The normalized spacial score (nSPS) is 22.6. The van der Waals surface area contributed by atoms with Gasteiger partial charge in [0.1, 0.15) is 0 Å². The molecule has 1 aliphatic heterocycles. The Morgan fingerprint density at radius 3 is 2.74 bits per heavy atom. The standard InChI is InChI=1S/C13H15ClN2O3/c1-8-5-10(14)9(6-15-8)11(17)16-4-3-13(2,7-16)12(18)19/h5-6H,3-4,7H2,1-2H3,(H,18,19). The first-order valence-electron chi connectivity index (χ1n) is 5.98. The fourth-order valence-electron chi connectivity index (χ4n) is 2.16. The Kier molecular flexibility index (Phi) is 3.49. The summed E-state index contributed by atoms with van der Waals surface area (Å²) in [4.78, 5) is 29.0. The Morgan fingerprint density at radius 1 is 1.53 bits per heavy atom. The molecule has 2 heterocycles. The Hall–Kier alpha value is -1.62. The van der Waals surface area contributed by atoms with Crippen LogP contribution in [0.3, 0.4) is 0 Å². The van der Waals surface area contributed by atoms with Crippen molar-refractivity contribution in [3.63, 3.8) is 0 Å². The van der Waals surface area contributed by atoms with Crippen LogP contribution in [0.15, 0.2) is 12.3 Å². The predicted octanol–water partition coefficient (Wildman–Crippen LogP) is 1.98. The highest BCUT2D eigenvalue weighted by Gasteiger charge is 2.42. The predicted molar refractivity (Wildman–Crippen MR) is 70.2 cm³/mol. The van der Waals surface area contributed by atoms with Crippen molar-refractivity contribution in [1.29, 1.82) is 0 Å². The van der Waals surface area contributed by atoms with E-state index in [2.05, 4.69) is 4.98 Å². The van der Waals surface area contributed by atoms with E-state index in [0.717, 1.165) is 5.69 Å². The Balaban J connectivity index is 2.20. The molecule has 1 amide bonds. The number of carboxylic acids is 1. The molecule has 0 saturated carbocycles. The van der Waals surface area contributed by atoms with E-state index in [9.17, 15) is 9.59 Å². The van der Waals surface area contributed by atoms with Gasteiger partial charge in [0.05, 0.1) is 16.0 Å².